The average molecular weight is 304 g/mol. The fourth-order valence-electron chi connectivity index (χ4n) is 2.67. The summed E-state index contributed by atoms with van der Waals surface area (Å²) in [6.45, 7) is 1.80. The lowest BCUT2D eigenvalue weighted by molar-refractivity contribution is 0.0408. The topological polar surface area (TPSA) is 88.8 Å². The third-order valence-corrected chi connectivity index (χ3v) is 4.04. The minimum absolute atomic E-state index is 0.465. The molecule has 2 aromatic rings. The second-order valence-corrected chi connectivity index (χ2v) is 5.70. The summed E-state index contributed by atoms with van der Waals surface area (Å²) < 4.78 is 0. The van der Waals surface area contributed by atoms with Gasteiger partial charge in [0.25, 0.3) is 0 Å². The molecule has 7 heteroatoms. The first-order valence-corrected chi connectivity index (χ1v) is 6.98. The van der Waals surface area contributed by atoms with Crippen molar-refractivity contribution in [3.63, 3.8) is 0 Å². The fourth-order valence-corrected chi connectivity index (χ4v) is 2.84. The number of nitrogens with zero attached hydrogens (tertiary/aromatic N) is 4. The summed E-state index contributed by atoms with van der Waals surface area (Å²) in [6.07, 6.45) is 2.14. The van der Waals surface area contributed by atoms with E-state index < -0.39 is 5.60 Å². The zero-order valence-corrected chi connectivity index (χ0v) is 12.0. The number of hydrogen-bond donors (Lipinski definition) is 2. The van der Waals surface area contributed by atoms with Crippen LogP contribution >= 0.6 is 11.6 Å². The number of nitrogens with one attached hydrogen (secondary N) is 1. The minimum atomic E-state index is -0.980. The molecule has 1 fully saturated rings. The molecule has 0 bridgehead atoms. The van der Waals surface area contributed by atoms with E-state index in [0.717, 1.165) is 12.1 Å². The summed E-state index contributed by atoms with van der Waals surface area (Å²) in [5.74, 6) is 0. The van der Waals surface area contributed by atoms with Crippen LogP contribution in [-0.4, -0.2) is 38.5 Å². The maximum atomic E-state index is 10.6. The highest BCUT2D eigenvalue weighted by Crippen LogP contribution is 2.31. The second kappa shape index (κ2) is 5.45. The molecule has 1 aliphatic heterocycles. The van der Waals surface area contributed by atoms with Gasteiger partial charge in [0.15, 0.2) is 0 Å². The first kappa shape index (κ1) is 14.0. The molecule has 0 radical (unpaired) electrons. The Morgan fingerprint density at radius 3 is 3.10 bits per heavy atom. The molecule has 2 heterocycles. The van der Waals surface area contributed by atoms with Crippen molar-refractivity contribution in [2.24, 2.45) is 0 Å². The lowest BCUT2D eigenvalue weighted by atomic mass is 10.00. The van der Waals surface area contributed by atoms with Gasteiger partial charge in [-0.25, -0.2) is 0 Å². The van der Waals surface area contributed by atoms with Gasteiger partial charge in [0.05, 0.1) is 17.8 Å². The van der Waals surface area contributed by atoms with E-state index in [1.807, 2.05) is 6.07 Å². The largest absolute Gasteiger partial charge is 0.382 e. The second-order valence-electron chi connectivity index (χ2n) is 5.26. The Morgan fingerprint density at radius 2 is 2.38 bits per heavy atom. The first-order valence-electron chi connectivity index (χ1n) is 6.60. The van der Waals surface area contributed by atoms with E-state index in [0.29, 0.717) is 35.8 Å². The highest BCUT2D eigenvalue weighted by Gasteiger charge is 2.39. The van der Waals surface area contributed by atoms with E-state index in [9.17, 15) is 10.4 Å². The number of halogens is 1. The SMILES string of the molecule is N#Cc1cc(Cl)ccc1CN1CCC(O)(c2cn[nH]n2)C1. The van der Waals surface area contributed by atoms with Gasteiger partial charge in [-0.3, -0.25) is 4.90 Å². The molecule has 2 N–H and O–H groups in total. The highest BCUT2D eigenvalue weighted by atomic mass is 35.5. The molecule has 1 atom stereocenters. The number of likely N-dealkylation sites (tertiary alicyclic amines) is 1. The molecule has 1 unspecified atom stereocenters. The van der Waals surface area contributed by atoms with Gasteiger partial charge in [-0.2, -0.15) is 20.7 Å². The molecule has 0 spiro atoms. The number of rotatable bonds is 3. The summed E-state index contributed by atoms with van der Waals surface area (Å²) >= 11 is 5.90. The van der Waals surface area contributed by atoms with Crippen molar-refractivity contribution in [3.05, 3.63) is 46.2 Å². The zero-order chi connectivity index (χ0) is 14.9. The Morgan fingerprint density at radius 1 is 1.52 bits per heavy atom. The molecule has 6 nitrogen and oxygen atoms in total. The molecule has 3 rings (SSSR count). The van der Waals surface area contributed by atoms with Crippen LogP contribution in [0.25, 0.3) is 0 Å². The third-order valence-electron chi connectivity index (χ3n) is 3.80. The van der Waals surface area contributed by atoms with Crippen LogP contribution in [0.5, 0.6) is 0 Å². The molecular weight excluding hydrogens is 290 g/mol. The minimum Gasteiger partial charge on any atom is -0.382 e. The number of aliphatic hydroxyl groups is 1. The van der Waals surface area contributed by atoms with Gasteiger partial charge in [0.1, 0.15) is 11.3 Å². The van der Waals surface area contributed by atoms with Crippen LogP contribution in [0.3, 0.4) is 0 Å². The summed E-state index contributed by atoms with van der Waals surface area (Å²) in [4.78, 5) is 2.10. The van der Waals surface area contributed by atoms with Crippen LogP contribution < -0.4 is 0 Å². The number of hydrogen-bond acceptors (Lipinski definition) is 5. The van der Waals surface area contributed by atoms with E-state index in [1.165, 1.54) is 0 Å². The van der Waals surface area contributed by atoms with Gasteiger partial charge < -0.3 is 5.11 Å². The van der Waals surface area contributed by atoms with Crippen molar-refractivity contribution in [2.45, 2.75) is 18.6 Å². The number of aromatic amines is 1. The summed E-state index contributed by atoms with van der Waals surface area (Å²) in [7, 11) is 0. The summed E-state index contributed by atoms with van der Waals surface area (Å²) in [5.41, 5.74) is 1.05. The maximum Gasteiger partial charge on any atom is 0.124 e. The van der Waals surface area contributed by atoms with E-state index >= 15 is 0 Å². The monoisotopic (exact) mass is 303 g/mol. The van der Waals surface area contributed by atoms with E-state index in [1.54, 1.807) is 18.3 Å². The molecule has 1 aromatic heterocycles. The lowest BCUT2D eigenvalue weighted by Crippen LogP contribution is -2.31. The normalized spacial score (nSPS) is 22.3. The molecule has 0 amide bonds. The molecule has 108 valence electrons. The van der Waals surface area contributed by atoms with Crippen LogP contribution in [-0.2, 0) is 12.1 Å². The Balaban J connectivity index is 1.75. The Bertz CT molecular complexity index is 681. The van der Waals surface area contributed by atoms with Crippen LogP contribution in [0.4, 0.5) is 0 Å². The van der Waals surface area contributed by atoms with Crippen molar-refractivity contribution < 1.29 is 5.11 Å². The highest BCUT2D eigenvalue weighted by molar-refractivity contribution is 6.30. The molecule has 21 heavy (non-hydrogen) atoms. The molecule has 0 aliphatic carbocycles. The Hall–Kier alpha value is -1.94. The van der Waals surface area contributed by atoms with Crippen molar-refractivity contribution in [2.75, 3.05) is 13.1 Å². The van der Waals surface area contributed by atoms with E-state index in [2.05, 4.69) is 26.4 Å². The van der Waals surface area contributed by atoms with E-state index in [-0.39, 0.29) is 0 Å². The van der Waals surface area contributed by atoms with Gasteiger partial charge in [-0.05, 0) is 24.1 Å². The van der Waals surface area contributed by atoms with Gasteiger partial charge in [0, 0.05) is 24.7 Å². The molecule has 1 aliphatic rings. The van der Waals surface area contributed by atoms with Crippen molar-refractivity contribution >= 4 is 11.6 Å². The van der Waals surface area contributed by atoms with Crippen molar-refractivity contribution in [1.29, 1.82) is 5.26 Å². The smallest absolute Gasteiger partial charge is 0.124 e. The molecular formula is C14H14ClN5O. The average Bonchev–Trinajstić information content (AvgIpc) is 3.11. The number of H-pyrrole nitrogens is 1. The number of β-amino-alcohol motifs (C(OH)–C–C–N with tert-alkyl or cyclic N) is 1. The first-order chi connectivity index (χ1) is 10.1. The number of aromatic nitrogens is 3. The summed E-state index contributed by atoms with van der Waals surface area (Å²) in [5, 5.41) is 30.6. The third kappa shape index (κ3) is 2.76. The number of nitriles is 1. The quantitative estimate of drug-likeness (QED) is 0.895. The van der Waals surface area contributed by atoms with Crippen LogP contribution in [0.15, 0.2) is 24.4 Å². The van der Waals surface area contributed by atoms with Gasteiger partial charge >= 0.3 is 0 Å². The van der Waals surface area contributed by atoms with Gasteiger partial charge in [-0.1, -0.05) is 17.7 Å². The van der Waals surface area contributed by atoms with Crippen molar-refractivity contribution in [1.82, 2.24) is 20.3 Å². The standard InChI is InChI=1S/C14H14ClN5O/c15-12-2-1-10(11(5-12)6-16)8-20-4-3-14(21,9-20)13-7-17-19-18-13/h1-2,5,7,21H,3-4,8-9H2,(H,17,18,19). The summed E-state index contributed by atoms with van der Waals surface area (Å²) in [6, 6.07) is 7.45. The lowest BCUT2D eigenvalue weighted by Gasteiger charge is -2.21. The molecule has 1 aromatic carbocycles. The number of benzene rings is 1. The molecule has 0 saturated carbocycles. The fraction of sp³-hybridized carbons (Fsp3) is 0.357. The van der Waals surface area contributed by atoms with Gasteiger partial charge in [-0.15, -0.1) is 0 Å². The van der Waals surface area contributed by atoms with E-state index in [4.69, 9.17) is 11.6 Å². The predicted molar refractivity (Wildman–Crippen MR) is 76.3 cm³/mol. The molecule has 1 saturated heterocycles. The van der Waals surface area contributed by atoms with Crippen molar-refractivity contribution in [3.8, 4) is 6.07 Å². The van der Waals surface area contributed by atoms with Crippen LogP contribution in [0.1, 0.15) is 23.2 Å². The predicted octanol–water partition coefficient (Wildman–Crippen LogP) is 1.42. The van der Waals surface area contributed by atoms with Crippen LogP contribution in [0.2, 0.25) is 5.02 Å². The van der Waals surface area contributed by atoms with Crippen LogP contribution in [0, 0.1) is 11.3 Å². The van der Waals surface area contributed by atoms with Gasteiger partial charge in [0.2, 0.25) is 0 Å². The Labute approximate surface area is 127 Å². The zero-order valence-electron chi connectivity index (χ0n) is 11.3. The Kier molecular flexibility index (Phi) is 3.64. The maximum absolute atomic E-state index is 10.6.